The summed E-state index contributed by atoms with van der Waals surface area (Å²) in [7, 11) is 1.56. The van der Waals surface area contributed by atoms with Gasteiger partial charge in [0.05, 0.1) is 32.5 Å². The fraction of sp³-hybridized carbons (Fsp3) is 0.900. The van der Waals surface area contributed by atoms with E-state index in [1.165, 1.54) is 6.92 Å². The van der Waals surface area contributed by atoms with Gasteiger partial charge in [0.25, 0.3) is 0 Å². The maximum absolute atomic E-state index is 9.82. The molecule has 0 saturated carbocycles. The summed E-state index contributed by atoms with van der Waals surface area (Å²) in [6.07, 6.45) is -0.324. The molecule has 0 heterocycles. The fourth-order valence-electron chi connectivity index (χ4n) is 0.444. The molecule has 0 aromatic carbocycles. The van der Waals surface area contributed by atoms with Gasteiger partial charge in [-0.05, 0) is 13.8 Å². The Morgan fingerprint density at radius 1 is 1.31 bits per heavy atom. The first-order valence-electron chi connectivity index (χ1n) is 4.98. The number of esters is 1. The van der Waals surface area contributed by atoms with Gasteiger partial charge in [-0.3, -0.25) is 4.79 Å². The average molecular weight is 240 g/mol. The number of aliphatic hydroxyl groups is 3. The van der Waals surface area contributed by atoms with Crippen molar-refractivity contribution in [2.75, 3.05) is 33.5 Å². The van der Waals surface area contributed by atoms with Crippen molar-refractivity contribution in [1.82, 2.24) is 0 Å². The third-order valence-electron chi connectivity index (χ3n) is 0.855. The molecule has 0 aromatic heterocycles. The van der Waals surface area contributed by atoms with Crippen LogP contribution in [0.3, 0.4) is 0 Å². The van der Waals surface area contributed by atoms with Crippen LogP contribution in [-0.4, -0.2) is 60.9 Å². The molecule has 1 unspecified atom stereocenters. The molecule has 0 saturated heterocycles. The van der Waals surface area contributed by atoms with E-state index in [9.17, 15) is 4.79 Å². The maximum Gasteiger partial charge on any atom is 0.302 e. The summed E-state index contributed by atoms with van der Waals surface area (Å²) in [5, 5.41) is 23.7. The Kier molecular flexibility index (Phi) is 25.6. The summed E-state index contributed by atoms with van der Waals surface area (Å²) < 4.78 is 8.96. The number of hydrogen-bond acceptors (Lipinski definition) is 6. The predicted octanol–water partition coefficient (Wildman–Crippen LogP) is -0.446. The molecule has 0 rings (SSSR count). The third-order valence-corrected chi connectivity index (χ3v) is 0.855. The van der Waals surface area contributed by atoms with E-state index in [4.69, 9.17) is 15.3 Å². The fourth-order valence-corrected chi connectivity index (χ4v) is 0.444. The quantitative estimate of drug-likeness (QED) is 0.576. The molecule has 0 aromatic rings. The van der Waals surface area contributed by atoms with Crippen LogP contribution in [0.15, 0.2) is 0 Å². The van der Waals surface area contributed by atoms with Gasteiger partial charge in [0.2, 0.25) is 0 Å². The summed E-state index contributed by atoms with van der Waals surface area (Å²) >= 11 is 0. The van der Waals surface area contributed by atoms with Gasteiger partial charge in [-0.25, -0.2) is 0 Å². The number of aliphatic hydroxyl groups excluding tert-OH is 3. The van der Waals surface area contributed by atoms with E-state index in [-0.39, 0.29) is 25.3 Å². The lowest BCUT2D eigenvalue weighted by molar-refractivity contribution is -0.140. The molecule has 0 bridgehead atoms. The van der Waals surface area contributed by atoms with Crippen LogP contribution in [0.25, 0.3) is 0 Å². The zero-order valence-electron chi connectivity index (χ0n) is 10.5. The topological polar surface area (TPSA) is 96.2 Å². The van der Waals surface area contributed by atoms with Gasteiger partial charge >= 0.3 is 5.97 Å². The lowest BCUT2D eigenvalue weighted by atomic mass is 10.5. The van der Waals surface area contributed by atoms with Gasteiger partial charge in [-0.2, -0.15) is 0 Å². The SMILES string of the molecule is CCOC(C)=O.COCC(C)O.OCCO. The van der Waals surface area contributed by atoms with Crippen molar-refractivity contribution in [1.29, 1.82) is 0 Å². The van der Waals surface area contributed by atoms with Gasteiger partial charge in [-0.1, -0.05) is 0 Å². The lowest BCUT2D eigenvalue weighted by Gasteiger charge is -1.97. The molecule has 3 N–H and O–H groups in total. The summed E-state index contributed by atoms with van der Waals surface area (Å²) in [5.41, 5.74) is 0. The van der Waals surface area contributed by atoms with Crippen molar-refractivity contribution in [3.8, 4) is 0 Å². The number of hydrogen-bond donors (Lipinski definition) is 3. The van der Waals surface area contributed by atoms with E-state index in [1.807, 2.05) is 0 Å². The van der Waals surface area contributed by atoms with Crippen LogP contribution < -0.4 is 0 Å². The normalized spacial score (nSPS) is 10.2. The smallest absolute Gasteiger partial charge is 0.302 e. The first-order chi connectivity index (χ1) is 7.45. The summed E-state index contributed by atoms with van der Waals surface area (Å²) in [6, 6.07) is 0. The molecule has 0 radical (unpaired) electrons. The van der Waals surface area contributed by atoms with Crippen molar-refractivity contribution >= 4 is 5.97 Å². The van der Waals surface area contributed by atoms with E-state index >= 15 is 0 Å². The van der Waals surface area contributed by atoms with Crippen LogP contribution in [0.5, 0.6) is 0 Å². The zero-order chi connectivity index (χ0) is 13.4. The summed E-state index contributed by atoms with van der Waals surface area (Å²) in [6.45, 7) is 5.52. The number of methoxy groups -OCH3 is 1. The van der Waals surface area contributed by atoms with Crippen LogP contribution in [0.1, 0.15) is 20.8 Å². The number of ether oxygens (including phenoxy) is 2. The molecule has 0 aliphatic rings. The van der Waals surface area contributed by atoms with Crippen molar-refractivity contribution in [2.45, 2.75) is 26.9 Å². The standard InChI is InChI=1S/C4H10O2.C4H8O2.C2H6O2/c1-4(5)3-6-2;1-3-6-4(2)5;3-1-2-4/h4-5H,3H2,1-2H3;3H2,1-2H3;3-4H,1-2H2. The Balaban J connectivity index is -0.000000162. The molecule has 0 amide bonds. The van der Waals surface area contributed by atoms with Gasteiger partial charge in [0.1, 0.15) is 0 Å². The van der Waals surface area contributed by atoms with Crippen molar-refractivity contribution in [3.05, 3.63) is 0 Å². The minimum Gasteiger partial charge on any atom is -0.466 e. The first kappa shape index (κ1) is 20.7. The Bertz CT molecular complexity index is 124. The molecule has 16 heavy (non-hydrogen) atoms. The van der Waals surface area contributed by atoms with E-state index in [1.54, 1.807) is 21.0 Å². The van der Waals surface area contributed by atoms with Gasteiger partial charge in [0, 0.05) is 14.0 Å². The average Bonchev–Trinajstić information content (AvgIpc) is 2.18. The third kappa shape index (κ3) is 50.7. The Hall–Kier alpha value is -0.690. The van der Waals surface area contributed by atoms with Crippen molar-refractivity contribution in [2.24, 2.45) is 0 Å². The molecule has 0 aliphatic heterocycles. The monoisotopic (exact) mass is 240 g/mol. The molecule has 6 nitrogen and oxygen atoms in total. The first-order valence-corrected chi connectivity index (χ1v) is 4.98. The molecular weight excluding hydrogens is 216 g/mol. The highest BCUT2D eigenvalue weighted by Gasteiger charge is 1.87. The van der Waals surface area contributed by atoms with Gasteiger partial charge in [-0.15, -0.1) is 0 Å². The minimum atomic E-state index is -0.324. The van der Waals surface area contributed by atoms with E-state index in [0.717, 1.165) is 0 Å². The van der Waals surface area contributed by atoms with E-state index in [0.29, 0.717) is 13.2 Å². The van der Waals surface area contributed by atoms with E-state index in [2.05, 4.69) is 9.47 Å². The van der Waals surface area contributed by atoms with Crippen LogP contribution in [0.4, 0.5) is 0 Å². The van der Waals surface area contributed by atoms with Crippen molar-refractivity contribution in [3.63, 3.8) is 0 Å². The highest BCUT2D eigenvalue weighted by atomic mass is 16.5. The Labute approximate surface area is 96.8 Å². The molecule has 6 heteroatoms. The maximum atomic E-state index is 9.82. The highest BCUT2D eigenvalue weighted by Crippen LogP contribution is 1.75. The second-order valence-electron chi connectivity index (χ2n) is 2.68. The second-order valence-corrected chi connectivity index (χ2v) is 2.68. The zero-order valence-corrected chi connectivity index (χ0v) is 10.5. The second kappa shape index (κ2) is 19.8. The molecule has 0 spiro atoms. The molecule has 0 aliphatic carbocycles. The van der Waals surface area contributed by atoms with Crippen molar-refractivity contribution < 1.29 is 29.6 Å². The van der Waals surface area contributed by atoms with Gasteiger partial charge < -0.3 is 24.8 Å². The van der Waals surface area contributed by atoms with Crippen LogP contribution in [-0.2, 0) is 14.3 Å². The number of carbonyl (C=O) groups excluding carboxylic acids is 1. The molecule has 1 atom stereocenters. The molecular formula is C10H24O6. The number of rotatable bonds is 4. The van der Waals surface area contributed by atoms with Crippen LogP contribution in [0, 0.1) is 0 Å². The largest absolute Gasteiger partial charge is 0.466 e. The Morgan fingerprint density at radius 2 is 1.75 bits per heavy atom. The minimum absolute atomic E-state index is 0.125. The summed E-state index contributed by atoms with van der Waals surface area (Å²) in [5.74, 6) is -0.211. The predicted molar refractivity (Wildman–Crippen MR) is 60.0 cm³/mol. The molecule has 0 fully saturated rings. The van der Waals surface area contributed by atoms with Crippen LogP contribution >= 0.6 is 0 Å². The number of carbonyl (C=O) groups is 1. The summed E-state index contributed by atoms with van der Waals surface area (Å²) in [4.78, 5) is 9.82. The Morgan fingerprint density at radius 3 is 1.75 bits per heavy atom. The van der Waals surface area contributed by atoms with Crippen LogP contribution in [0.2, 0.25) is 0 Å². The van der Waals surface area contributed by atoms with E-state index < -0.39 is 0 Å². The van der Waals surface area contributed by atoms with Gasteiger partial charge in [0.15, 0.2) is 0 Å². The lowest BCUT2D eigenvalue weighted by Crippen LogP contribution is -2.07. The molecule has 100 valence electrons. The highest BCUT2D eigenvalue weighted by molar-refractivity contribution is 5.65.